The fraction of sp³-hybridized carbons (Fsp3) is 0.174. The number of benzene rings is 2. The van der Waals surface area contributed by atoms with Crippen molar-refractivity contribution in [1.82, 2.24) is 4.90 Å². The average molecular weight is 406 g/mol. The molecule has 0 radical (unpaired) electrons. The summed E-state index contributed by atoms with van der Waals surface area (Å²) in [5.41, 5.74) is 1.96. The van der Waals surface area contributed by atoms with Gasteiger partial charge in [-0.2, -0.15) is 0 Å². The van der Waals surface area contributed by atoms with Gasteiger partial charge in [-0.15, -0.1) is 0 Å². The van der Waals surface area contributed by atoms with E-state index in [4.69, 9.17) is 9.15 Å². The highest BCUT2D eigenvalue weighted by molar-refractivity contribution is 5.98. The number of methoxy groups -OCH3 is 1. The molecule has 7 nitrogen and oxygen atoms in total. The molecule has 0 saturated heterocycles. The SMILES string of the molecule is COc1ccc(NC(=O)CN(C)C(=O)c2ccc(-c3ccc(C(C)=O)cc3)o2)cc1. The quantitative estimate of drug-likeness (QED) is 0.602. The summed E-state index contributed by atoms with van der Waals surface area (Å²) in [4.78, 5) is 37.5. The number of amides is 2. The Morgan fingerprint density at radius 2 is 1.63 bits per heavy atom. The molecule has 2 aromatic carbocycles. The smallest absolute Gasteiger partial charge is 0.289 e. The highest BCUT2D eigenvalue weighted by atomic mass is 16.5. The number of nitrogens with one attached hydrogen (secondary N) is 1. The molecule has 1 heterocycles. The van der Waals surface area contributed by atoms with E-state index in [1.165, 1.54) is 18.9 Å². The lowest BCUT2D eigenvalue weighted by Crippen LogP contribution is -2.34. The van der Waals surface area contributed by atoms with Gasteiger partial charge >= 0.3 is 0 Å². The number of hydrogen-bond acceptors (Lipinski definition) is 5. The van der Waals surface area contributed by atoms with E-state index in [0.717, 1.165) is 5.56 Å². The standard InChI is InChI=1S/C23H22N2O5/c1-15(26)16-4-6-17(7-5-16)20-12-13-21(30-20)23(28)25(2)14-22(27)24-18-8-10-19(29-3)11-9-18/h4-13H,14H2,1-3H3,(H,24,27). The maximum absolute atomic E-state index is 12.6. The summed E-state index contributed by atoms with van der Waals surface area (Å²) >= 11 is 0. The highest BCUT2D eigenvalue weighted by Crippen LogP contribution is 2.23. The largest absolute Gasteiger partial charge is 0.497 e. The first-order valence-electron chi connectivity index (χ1n) is 9.28. The van der Waals surface area contributed by atoms with Crippen LogP contribution in [0.5, 0.6) is 5.75 Å². The van der Waals surface area contributed by atoms with Crippen molar-refractivity contribution in [2.45, 2.75) is 6.92 Å². The molecule has 0 aliphatic heterocycles. The summed E-state index contributed by atoms with van der Waals surface area (Å²) in [6.45, 7) is 1.37. The van der Waals surface area contributed by atoms with Crippen LogP contribution in [0.15, 0.2) is 65.1 Å². The lowest BCUT2D eigenvalue weighted by Gasteiger charge is -2.15. The second-order valence-corrected chi connectivity index (χ2v) is 6.74. The van der Waals surface area contributed by atoms with Crippen molar-refractivity contribution < 1.29 is 23.5 Å². The number of furan rings is 1. The summed E-state index contributed by atoms with van der Waals surface area (Å²) in [7, 11) is 3.09. The molecular weight excluding hydrogens is 384 g/mol. The molecular formula is C23H22N2O5. The number of ketones is 1. The maximum atomic E-state index is 12.6. The number of carbonyl (C=O) groups is 3. The van der Waals surface area contributed by atoms with Crippen molar-refractivity contribution >= 4 is 23.3 Å². The van der Waals surface area contributed by atoms with Crippen LogP contribution in [0.25, 0.3) is 11.3 Å². The highest BCUT2D eigenvalue weighted by Gasteiger charge is 2.19. The Hall–Kier alpha value is -3.87. The van der Waals surface area contributed by atoms with Crippen molar-refractivity contribution in [3.8, 4) is 17.1 Å². The van der Waals surface area contributed by atoms with Crippen LogP contribution in [0.1, 0.15) is 27.8 Å². The van der Waals surface area contributed by atoms with Gasteiger partial charge in [-0.1, -0.05) is 24.3 Å². The zero-order valence-corrected chi connectivity index (χ0v) is 17.0. The molecule has 0 saturated carbocycles. The fourth-order valence-electron chi connectivity index (χ4n) is 2.83. The molecule has 0 spiro atoms. The number of likely N-dealkylation sites (N-methyl/N-ethyl adjacent to an activating group) is 1. The number of nitrogens with zero attached hydrogens (tertiary/aromatic N) is 1. The number of hydrogen-bond donors (Lipinski definition) is 1. The maximum Gasteiger partial charge on any atom is 0.289 e. The van der Waals surface area contributed by atoms with E-state index in [1.807, 2.05) is 0 Å². The van der Waals surface area contributed by atoms with Gasteiger partial charge in [0.2, 0.25) is 5.91 Å². The lowest BCUT2D eigenvalue weighted by atomic mass is 10.1. The van der Waals surface area contributed by atoms with E-state index < -0.39 is 5.91 Å². The molecule has 1 N–H and O–H groups in total. The van der Waals surface area contributed by atoms with Gasteiger partial charge in [0.05, 0.1) is 13.7 Å². The molecule has 30 heavy (non-hydrogen) atoms. The Kier molecular flexibility index (Phi) is 6.32. The van der Waals surface area contributed by atoms with Crippen LogP contribution >= 0.6 is 0 Å². The Bertz CT molecular complexity index is 1050. The molecule has 154 valence electrons. The first kappa shape index (κ1) is 20.9. The molecule has 0 unspecified atom stereocenters. The zero-order valence-electron chi connectivity index (χ0n) is 17.0. The summed E-state index contributed by atoms with van der Waals surface area (Å²) < 4.78 is 10.7. The predicted molar refractivity (Wildman–Crippen MR) is 113 cm³/mol. The first-order chi connectivity index (χ1) is 14.4. The van der Waals surface area contributed by atoms with Gasteiger partial charge < -0.3 is 19.4 Å². The number of Topliss-reactive ketones (excluding diaryl/α,β-unsaturated/α-hetero) is 1. The van der Waals surface area contributed by atoms with Crippen LogP contribution in [-0.4, -0.2) is 43.2 Å². The van der Waals surface area contributed by atoms with Gasteiger partial charge in [-0.25, -0.2) is 0 Å². The minimum absolute atomic E-state index is 0.0218. The summed E-state index contributed by atoms with van der Waals surface area (Å²) in [5.74, 6) is 0.551. The minimum Gasteiger partial charge on any atom is -0.497 e. The normalized spacial score (nSPS) is 10.4. The van der Waals surface area contributed by atoms with Gasteiger partial charge in [-0.05, 0) is 43.3 Å². The molecule has 2 amide bonds. The topological polar surface area (TPSA) is 88.9 Å². The number of ether oxygens (including phenoxy) is 1. The molecule has 0 aliphatic carbocycles. The van der Waals surface area contributed by atoms with Crippen molar-refractivity contribution in [3.63, 3.8) is 0 Å². The summed E-state index contributed by atoms with van der Waals surface area (Å²) in [5, 5.41) is 2.73. The van der Waals surface area contributed by atoms with E-state index in [2.05, 4.69) is 5.32 Å². The lowest BCUT2D eigenvalue weighted by molar-refractivity contribution is -0.116. The van der Waals surface area contributed by atoms with E-state index in [-0.39, 0.29) is 24.0 Å². The van der Waals surface area contributed by atoms with Gasteiger partial charge in [0.1, 0.15) is 11.5 Å². The molecule has 0 fully saturated rings. The van der Waals surface area contributed by atoms with Crippen LogP contribution in [0.4, 0.5) is 5.69 Å². The molecule has 7 heteroatoms. The number of carbonyl (C=O) groups excluding carboxylic acids is 3. The number of rotatable bonds is 7. The van der Waals surface area contributed by atoms with Gasteiger partial charge in [0, 0.05) is 23.9 Å². The predicted octanol–water partition coefficient (Wildman–Crippen LogP) is 3.87. The zero-order chi connectivity index (χ0) is 21.7. The second kappa shape index (κ2) is 9.09. The van der Waals surface area contributed by atoms with Gasteiger partial charge in [0.25, 0.3) is 5.91 Å². The molecule has 1 aromatic heterocycles. The van der Waals surface area contributed by atoms with Crippen molar-refractivity contribution in [2.75, 3.05) is 26.0 Å². The second-order valence-electron chi connectivity index (χ2n) is 6.74. The van der Waals surface area contributed by atoms with Crippen molar-refractivity contribution in [2.24, 2.45) is 0 Å². The third kappa shape index (κ3) is 4.94. The fourth-order valence-corrected chi connectivity index (χ4v) is 2.83. The number of anilines is 1. The first-order valence-corrected chi connectivity index (χ1v) is 9.28. The Morgan fingerprint density at radius 1 is 0.967 bits per heavy atom. The van der Waals surface area contributed by atoms with Gasteiger partial charge in [0.15, 0.2) is 11.5 Å². The van der Waals surface area contributed by atoms with E-state index in [0.29, 0.717) is 22.8 Å². The van der Waals surface area contributed by atoms with Crippen molar-refractivity contribution in [1.29, 1.82) is 0 Å². The van der Waals surface area contributed by atoms with Crippen LogP contribution in [0.2, 0.25) is 0 Å². The Balaban J connectivity index is 1.61. The van der Waals surface area contributed by atoms with Crippen LogP contribution in [0, 0.1) is 0 Å². The van der Waals surface area contributed by atoms with E-state index in [1.54, 1.807) is 67.8 Å². The van der Waals surface area contributed by atoms with E-state index >= 15 is 0 Å². The third-order valence-corrected chi connectivity index (χ3v) is 4.49. The monoisotopic (exact) mass is 406 g/mol. The summed E-state index contributed by atoms with van der Waals surface area (Å²) in [6, 6.07) is 17.1. The van der Waals surface area contributed by atoms with E-state index in [9.17, 15) is 14.4 Å². The van der Waals surface area contributed by atoms with Crippen LogP contribution < -0.4 is 10.1 Å². The van der Waals surface area contributed by atoms with Crippen molar-refractivity contribution in [3.05, 3.63) is 72.0 Å². The molecule has 0 bridgehead atoms. The molecule has 0 atom stereocenters. The molecule has 3 rings (SSSR count). The average Bonchev–Trinajstić information content (AvgIpc) is 3.24. The van der Waals surface area contributed by atoms with Crippen LogP contribution in [0.3, 0.4) is 0 Å². The molecule has 3 aromatic rings. The Labute approximate surface area is 174 Å². The third-order valence-electron chi connectivity index (χ3n) is 4.49. The van der Waals surface area contributed by atoms with Gasteiger partial charge in [-0.3, -0.25) is 14.4 Å². The van der Waals surface area contributed by atoms with Crippen LogP contribution in [-0.2, 0) is 4.79 Å². The summed E-state index contributed by atoms with van der Waals surface area (Å²) in [6.07, 6.45) is 0. The molecule has 0 aliphatic rings. The minimum atomic E-state index is -0.411. The Morgan fingerprint density at radius 3 is 2.23 bits per heavy atom.